The molecular formula is C12H12FN. The number of anilines is 1. The highest BCUT2D eigenvalue weighted by molar-refractivity contribution is 5.93. The van der Waals surface area contributed by atoms with Gasteiger partial charge in [0.1, 0.15) is 6.67 Å². The standard InChI is InChI=1S/C12H12FN/c13-8-9-14-12-7-3-5-10-4-1-2-6-11(10)12/h1-7,14H,8-9H2. The number of halogens is 1. The van der Waals surface area contributed by atoms with Gasteiger partial charge in [0.2, 0.25) is 0 Å². The molecule has 0 spiro atoms. The summed E-state index contributed by atoms with van der Waals surface area (Å²) in [4.78, 5) is 0. The van der Waals surface area contributed by atoms with Crippen molar-refractivity contribution in [2.75, 3.05) is 18.5 Å². The molecule has 0 aliphatic rings. The second-order valence-corrected chi connectivity index (χ2v) is 3.14. The fourth-order valence-corrected chi connectivity index (χ4v) is 1.56. The molecule has 2 aromatic carbocycles. The zero-order chi connectivity index (χ0) is 9.80. The molecule has 0 bridgehead atoms. The Labute approximate surface area is 82.6 Å². The van der Waals surface area contributed by atoms with E-state index in [-0.39, 0.29) is 6.67 Å². The molecule has 0 saturated carbocycles. The van der Waals surface area contributed by atoms with E-state index in [1.807, 2.05) is 30.3 Å². The van der Waals surface area contributed by atoms with Crippen LogP contribution in [0.5, 0.6) is 0 Å². The molecule has 0 radical (unpaired) electrons. The minimum Gasteiger partial charge on any atom is -0.382 e. The molecule has 0 saturated heterocycles. The van der Waals surface area contributed by atoms with E-state index < -0.39 is 0 Å². The van der Waals surface area contributed by atoms with Crippen LogP contribution in [0.25, 0.3) is 10.8 Å². The number of rotatable bonds is 3. The maximum absolute atomic E-state index is 12.0. The van der Waals surface area contributed by atoms with Crippen molar-refractivity contribution in [1.29, 1.82) is 0 Å². The van der Waals surface area contributed by atoms with Gasteiger partial charge in [-0.1, -0.05) is 36.4 Å². The van der Waals surface area contributed by atoms with Gasteiger partial charge >= 0.3 is 0 Å². The number of benzene rings is 2. The van der Waals surface area contributed by atoms with E-state index in [1.165, 1.54) is 5.39 Å². The zero-order valence-corrected chi connectivity index (χ0v) is 7.83. The van der Waals surface area contributed by atoms with E-state index in [4.69, 9.17) is 0 Å². The van der Waals surface area contributed by atoms with Crippen LogP contribution in [0.3, 0.4) is 0 Å². The first kappa shape index (κ1) is 9.00. The molecule has 14 heavy (non-hydrogen) atoms. The summed E-state index contributed by atoms with van der Waals surface area (Å²) in [5.41, 5.74) is 1.00. The highest BCUT2D eigenvalue weighted by Gasteiger charge is 1.97. The van der Waals surface area contributed by atoms with E-state index in [9.17, 15) is 4.39 Å². The number of fused-ring (bicyclic) bond motifs is 1. The van der Waals surface area contributed by atoms with Crippen LogP contribution < -0.4 is 5.32 Å². The summed E-state index contributed by atoms with van der Waals surface area (Å²) in [5.74, 6) is 0. The first-order valence-corrected chi connectivity index (χ1v) is 4.69. The molecule has 0 heterocycles. The summed E-state index contributed by atoms with van der Waals surface area (Å²) < 4.78 is 12.0. The lowest BCUT2D eigenvalue weighted by atomic mass is 10.1. The summed E-state index contributed by atoms with van der Waals surface area (Å²) in [5, 5.41) is 5.38. The second kappa shape index (κ2) is 4.09. The number of nitrogens with one attached hydrogen (secondary N) is 1. The summed E-state index contributed by atoms with van der Waals surface area (Å²) in [6.45, 7) is 0.0250. The van der Waals surface area contributed by atoms with Crippen LogP contribution in [-0.2, 0) is 0 Å². The van der Waals surface area contributed by atoms with Crippen molar-refractivity contribution in [2.24, 2.45) is 0 Å². The van der Waals surface area contributed by atoms with Gasteiger partial charge in [0.25, 0.3) is 0 Å². The predicted octanol–water partition coefficient (Wildman–Crippen LogP) is 3.22. The Morgan fingerprint density at radius 2 is 1.79 bits per heavy atom. The Hall–Kier alpha value is -1.57. The zero-order valence-electron chi connectivity index (χ0n) is 7.83. The summed E-state index contributed by atoms with van der Waals surface area (Å²) >= 11 is 0. The third-order valence-corrected chi connectivity index (χ3v) is 2.20. The maximum atomic E-state index is 12.0. The van der Waals surface area contributed by atoms with Gasteiger partial charge in [-0.2, -0.15) is 0 Å². The van der Waals surface area contributed by atoms with Crippen molar-refractivity contribution in [3.05, 3.63) is 42.5 Å². The molecule has 0 aromatic heterocycles. The first-order valence-electron chi connectivity index (χ1n) is 4.69. The predicted molar refractivity (Wildman–Crippen MR) is 58.4 cm³/mol. The van der Waals surface area contributed by atoms with Crippen molar-refractivity contribution < 1.29 is 4.39 Å². The van der Waals surface area contributed by atoms with Crippen molar-refractivity contribution in [3.8, 4) is 0 Å². The average molecular weight is 189 g/mol. The Morgan fingerprint density at radius 1 is 1.00 bits per heavy atom. The molecule has 2 rings (SSSR count). The lowest BCUT2D eigenvalue weighted by molar-refractivity contribution is 0.513. The second-order valence-electron chi connectivity index (χ2n) is 3.14. The van der Waals surface area contributed by atoms with Crippen LogP contribution in [0.4, 0.5) is 10.1 Å². The van der Waals surface area contributed by atoms with Gasteiger partial charge in [0.05, 0.1) is 0 Å². The van der Waals surface area contributed by atoms with Crippen LogP contribution in [0, 0.1) is 0 Å². The quantitative estimate of drug-likeness (QED) is 0.781. The number of hydrogen-bond donors (Lipinski definition) is 1. The van der Waals surface area contributed by atoms with E-state index in [0.717, 1.165) is 11.1 Å². The molecule has 0 aliphatic carbocycles. The highest BCUT2D eigenvalue weighted by Crippen LogP contribution is 2.22. The molecule has 72 valence electrons. The third kappa shape index (κ3) is 1.69. The SMILES string of the molecule is FCCNc1cccc2ccccc12. The Bertz CT molecular complexity index is 420. The molecule has 2 heteroatoms. The molecule has 0 fully saturated rings. The molecule has 0 aliphatic heterocycles. The molecule has 0 atom stereocenters. The lowest BCUT2D eigenvalue weighted by Crippen LogP contribution is -2.02. The minimum atomic E-state index is -0.344. The minimum absolute atomic E-state index is 0.344. The van der Waals surface area contributed by atoms with E-state index in [2.05, 4.69) is 17.4 Å². The topological polar surface area (TPSA) is 12.0 Å². The summed E-state index contributed by atoms with van der Waals surface area (Å²) in [7, 11) is 0. The van der Waals surface area contributed by atoms with E-state index >= 15 is 0 Å². The smallest absolute Gasteiger partial charge is 0.107 e. The molecule has 0 unspecified atom stereocenters. The molecule has 1 nitrogen and oxygen atoms in total. The monoisotopic (exact) mass is 189 g/mol. The van der Waals surface area contributed by atoms with Gasteiger partial charge in [-0.3, -0.25) is 0 Å². The summed E-state index contributed by atoms with van der Waals surface area (Å²) in [6.07, 6.45) is 0. The van der Waals surface area contributed by atoms with E-state index in [1.54, 1.807) is 0 Å². The van der Waals surface area contributed by atoms with Gasteiger partial charge in [0, 0.05) is 17.6 Å². The Balaban J connectivity index is 2.43. The third-order valence-electron chi connectivity index (χ3n) is 2.20. The van der Waals surface area contributed by atoms with Crippen LogP contribution in [0.2, 0.25) is 0 Å². The van der Waals surface area contributed by atoms with Gasteiger partial charge < -0.3 is 5.32 Å². The lowest BCUT2D eigenvalue weighted by Gasteiger charge is -2.07. The first-order chi connectivity index (χ1) is 6.92. The number of alkyl halides is 1. The molecule has 2 aromatic rings. The fourth-order valence-electron chi connectivity index (χ4n) is 1.56. The fraction of sp³-hybridized carbons (Fsp3) is 0.167. The van der Waals surface area contributed by atoms with Crippen molar-refractivity contribution in [1.82, 2.24) is 0 Å². The Morgan fingerprint density at radius 3 is 2.64 bits per heavy atom. The van der Waals surface area contributed by atoms with Crippen LogP contribution in [0.15, 0.2) is 42.5 Å². The van der Waals surface area contributed by atoms with E-state index in [0.29, 0.717) is 6.54 Å². The van der Waals surface area contributed by atoms with Crippen LogP contribution >= 0.6 is 0 Å². The number of hydrogen-bond acceptors (Lipinski definition) is 1. The Kier molecular flexibility index (Phi) is 2.63. The highest BCUT2D eigenvalue weighted by atomic mass is 19.1. The van der Waals surface area contributed by atoms with Crippen molar-refractivity contribution in [2.45, 2.75) is 0 Å². The van der Waals surface area contributed by atoms with Crippen molar-refractivity contribution in [3.63, 3.8) is 0 Å². The molecule has 1 N–H and O–H groups in total. The van der Waals surface area contributed by atoms with Crippen LogP contribution in [-0.4, -0.2) is 13.2 Å². The largest absolute Gasteiger partial charge is 0.382 e. The summed E-state index contributed by atoms with van der Waals surface area (Å²) in [6, 6.07) is 14.1. The normalized spacial score (nSPS) is 10.4. The van der Waals surface area contributed by atoms with Gasteiger partial charge in [-0.15, -0.1) is 0 Å². The average Bonchev–Trinajstić information content (AvgIpc) is 2.26. The van der Waals surface area contributed by atoms with Gasteiger partial charge in [0.15, 0.2) is 0 Å². The van der Waals surface area contributed by atoms with Gasteiger partial charge in [-0.05, 0) is 11.5 Å². The van der Waals surface area contributed by atoms with Gasteiger partial charge in [-0.25, -0.2) is 4.39 Å². The van der Waals surface area contributed by atoms with Crippen LogP contribution in [0.1, 0.15) is 0 Å². The molecular weight excluding hydrogens is 177 g/mol. The molecule has 0 amide bonds. The maximum Gasteiger partial charge on any atom is 0.107 e. The van der Waals surface area contributed by atoms with Crippen molar-refractivity contribution >= 4 is 16.5 Å².